The lowest BCUT2D eigenvalue weighted by molar-refractivity contribution is -0.121. The Kier molecular flexibility index (Phi) is 7.96. The van der Waals surface area contributed by atoms with Crippen LogP contribution in [-0.4, -0.2) is 39.3 Å². The number of nitriles is 1. The molecule has 32 heavy (non-hydrogen) atoms. The van der Waals surface area contributed by atoms with Gasteiger partial charge in [0.25, 0.3) is 11.5 Å². The van der Waals surface area contributed by atoms with Crippen molar-refractivity contribution in [2.45, 2.75) is 53.0 Å². The summed E-state index contributed by atoms with van der Waals surface area (Å²) in [6, 6.07) is 2.11. The van der Waals surface area contributed by atoms with Crippen LogP contribution in [0.2, 0.25) is 0 Å². The van der Waals surface area contributed by atoms with E-state index in [4.69, 9.17) is 12.2 Å². The highest BCUT2D eigenvalue weighted by molar-refractivity contribution is 8.26. The summed E-state index contributed by atoms with van der Waals surface area (Å²) in [7, 11) is 0. The molecule has 8 heteroatoms. The number of nitrogens with zero attached hydrogens (tertiary/aromatic N) is 4. The Morgan fingerprint density at radius 1 is 1.31 bits per heavy atom. The molecule has 0 bridgehead atoms. The predicted molar refractivity (Wildman–Crippen MR) is 136 cm³/mol. The van der Waals surface area contributed by atoms with Gasteiger partial charge < -0.3 is 4.90 Å². The zero-order valence-electron chi connectivity index (χ0n) is 19.0. The molecule has 0 aliphatic carbocycles. The minimum atomic E-state index is -0.247. The minimum absolute atomic E-state index is 0.142. The summed E-state index contributed by atoms with van der Waals surface area (Å²) < 4.78 is 2.24. The Balaban J connectivity index is 2.22. The first-order valence-corrected chi connectivity index (χ1v) is 12.3. The molecular weight excluding hydrogens is 440 g/mol. The number of piperidine rings is 1. The van der Waals surface area contributed by atoms with Crippen molar-refractivity contribution < 1.29 is 4.79 Å². The Morgan fingerprint density at radius 3 is 2.59 bits per heavy atom. The van der Waals surface area contributed by atoms with Gasteiger partial charge in [-0.15, -0.1) is 6.58 Å². The van der Waals surface area contributed by atoms with Crippen molar-refractivity contribution in [3.05, 3.63) is 44.6 Å². The summed E-state index contributed by atoms with van der Waals surface area (Å²) in [5.41, 5.74) is 1.28. The van der Waals surface area contributed by atoms with Gasteiger partial charge in [0.2, 0.25) is 0 Å². The molecule has 0 aromatic carbocycles. The van der Waals surface area contributed by atoms with Crippen LogP contribution < -0.4 is 10.5 Å². The fraction of sp³-hybridized carbons (Fsp3) is 0.500. The molecule has 3 rings (SSSR count). The smallest absolute Gasteiger partial charge is 0.270 e. The second-order valence-corrected chi connectivity index (χ2v) is 10.1. The number of thioether (sulfide) groups is 1. The molecule has 6 nitrogen and oxygen atoms in total. The molecule has 2 fully saturated rings. The van der Waals surface area contributed by atoms with Crippen LogP contribution in [0.3, 0.4) is 0 Å². The topological polar surface area (TPSA) is 69.3 Å². The average Bonchev–Trinajstić information content (AvgIpc) is 3.03. The average molecular weight is 471 g/mol. The molecule has 0 unspecified atom stereocenters. The minimum Gasteiger partial charge on any atom is -0.357 e. The first kappa shape index (κ1) is 24.3. The SMILES string of the molecule is C=CCN1C(=O)C(=Cc2c(C)c(C#N)c(=O)n(CCCC)c2N2CCC(C)CC2)SC1=S. The van der Waals surface area contributed by atoms with E-state index in [1.165, 1.54) is 16.7 Å². The van der Waals surface area contributed by atoms with Gasteiger partial charge in [-0.1, -0.05) is 50.3 Å². The number of unbranched alkanes of at least 4 members (excludes halogenated alkanes) is 1. The zero-order valence-corrected chi connectivity index (χ0v) is 20.7. The van der Waals surface area contributed by atoms with E-state index in [2.05, 4.69) is 31.4 Å². The molecule has 0 atom stereocenters. The summed E-state index contributed by atoms with van der Waals surface area (Å²) in [5.74, 6) is 1.29. The van der Waals surface area contributed by atoms with Gasteiger partial charge in [0.15, 0.2) is 0 Å². The summed E-state index contributed by atoms with van der Waals surface area (Å²) in [6.07, 6.45) is 7.34. The third-order valence-corrected chi connectivity index (χ3v) is 7.50. The number of carbonyl (C=O) groups excluding carboxylic acids is 1. The normalized spacial score (nSPS) is 18.5. The summed E-state index contributed by atoms with van der Waals surface area (Å²) in [4.78, 5) is 30.5. The molecule has 0 radical (unpaired) electrons. The van der Waals surface area contributed by atoms with E-state index in [0.717, 1.165) is 50.2 Å². The number of amides is 1. The van der Waals surface area contributed by atoms with Crippen molar-refractivity contribution in [3.63, 3.8) is 0 Å². The molecule has 170 valence electrons. The third-order valence-electron chi connectivity index (χ3n) is 6.13. The maximum absolute atomic E-state index is 13.3. The van der Waals surface area contributed by atoms with Gasteiger partial charge in [-0.3, -0.25) is 19.1 Å². The van der Waals surface area contributed by atoms with E-state index in [1.54, 1.807) is 17.6 Å². The van der Waals surface area contributed by atoms with Gasteiger partial charge in [-0.2, -0.15) is 5.26 Å². The first-order valence-electron chi connectivity index (χ1n) is 11.1. The van der Waals surface area contributed by atoms with Crippen LogP contribution in [0.1, 0.15) is 56.2 Å². The van der Waals surface area contributed by atoms with Crippen molar-refractivity contribution in [1.29, 1.82) is 5.26 Å². The van der Waals surface area contributed by atoms with E-state index in [1.807, 2.05) is 6.08 Å². The lowest BCUT2D eigenvalue weighted by Crippen LogP contribution is -2.39. The van der Waals surface area contributed by atoms with Crippen molar-refractivity contribution in [2.24, 2.45) is 5.92 Å². The lowest BCUT2D eigenvalue weighted by atomic mass is 9.97. The highest BCUT2D eigenvalue weighted by atomic mass is 32.2. The van der Waals surface area contributed by atoms with Crippen molar-refractivity contribution >= 4 is 46.1 Å². The number of anilines is 1. The molecule has 0 spiro atoms. The van der Waals surface area contributed by atoms with E-state index < -0.39 is 0 Å². The Hall–Kier alpha value is -2.37. The Morgan fingerprint density at radius 2 is 2.00 bits per heavy atom. The highest BCUT2D eigenvalue weighted by Crippen LogP contribution is 2.36. The Labute approximate surface area is 199 Å². The second-order valence-electron chi connectivity index (χ2n) is 8.41. The number of hydrogen-bond donors (Lipinski definition) is 0. The summed E-state index contributed by atoms with van der Waals surface area (Å²) in [5, 5.41) is 9.77. The van der Waals surface area contributed by atoms with E-state index in [9.17, 15) is 14.9 Å². The third kappa shape index (κ3) is 4.69. The summed E-state index contributed by atoms with van der Waals surface area (Å²) >= 11 is 6.65. The van der Waals surface area contributed by atoms with Crippen LogP contribution in [0, 0.1) is 24.2 Å². The number of carbonyl (C=O) groups is 1. The number of aromatic nitrogens is 1. The summed E-state index contributed by atoms with van der Waals surface area (Å²) in [6.45, 7) is 12.4. The molecule has 1 amide bonds. The van der Waals surface area contributed by atoms with Gasteiger partial charge in [-0.05, 0) is 43.7 Å². The monoisotopic (exact) mass is 470 g/mol. The molecule has 0 saturated carbocycles. The lowest BCUT2D eigenvalue weighted by Gasteiger charge is -2.35. The maximum Gasteiger partial charge on any atom is 0.270 e. The fourth-order valence-electron chi connectivity index (χ4n) is 4.15. The maximum atomic E-state index is 13.3. The zero-order chi connectivity index (χ0) is 23.4. The van der Waals surface area contributed by atoms with Gasteiger partial charge in [0.05, 0.1) is 4.91 Å². The van der Waals surface area contributed by atoms with Gasteiger partial charge in [0.1, 0.15) is 21.8 Å². The molecule has 2 aliphatic heterocycles. The number of thiocarbonyl (C=S) groups is 1. The standard InChI is InChI=1S/C24H30N4O2S2/c1-5-7-11-27-21(26-12-8-16(3)9-13-26)18(17(4)19(15-25)22(27)29)14-20-23(30)28(10-6-2)24(31)32-20/h6,14,16H,2,5,7-13H2,1,3-4H3. The van der Waals surface area contributed by atoms with Crippen LogP contribution >= 0.6 is 24.0 Å². The van der Waals surface area contributed by atoms with Gasteiger partial charge >= 0.3 is 0 Å². The molecule has 2 aliphatic rings. The van der Waals surface area contributed by atoms with E-state index in [-0.39, 0.29) is 17.0 Å². The highest BCUT2D eigenvalue weighted by Gasteiger charge is 2.33. The van der Waals surface area contributed by atoms with E-state index >= 15 is 0 Å². The van der Waals surface area contributed by atoms with E-state index in [0.29, 0.717) is 33.8 Å². The molecule has 2 saturated heterocycles. The second kappa shape index (κ2) is 10.5. The van der Waals surface area contributed by atoms with Crippen molar-refractivity contribution in [3.8, 4) is 6.07 Å². The molecule has 1 aromatic rings. The predicted octanol–water partition coefficient (Wildman–Crippen LogP) is 4.45. The van der Waals surface area contributed by atoms with Crippen molar-refractivity contribution in [1.82, 2.24) is 9.47 Å². The van der Waals surface area contributed by atoms with Crippen molar-refractivity contribution in [2.75, 3.05) is 24.5 Å². The molecule has 3 heterocycles. The molecule has 0 N–H and O–H groups in total. The number of rotatable bonds is 7. The van der Waals surface area contributed by atoms with Crippen LogP contribution in [-0.2, 0) is 11.3 Å². The Bertz CT molecular complexity index is 1060. The van der Waals surface area contributed by atoms with Crippen LogP contribution in [0.5, 0.6) is 0 Å². The number of hydrogen-bond acceptors (Lipinski definition) is 6. The molecule has 1 aromatic heterocycles. The van der Waals surface area contributed by atoms with Crippen LogP contribution in [0.15, 0.2) is 22.4 Å². The first-order chi connectivity index (χ1) is 15.3. The van der Waals surface area contributed by atoms with Gasteiger partial charge in [0, 0.05) is 31.7 Å². The fourth-order valence-corrected chi connectivity index (χ4v) is 5.40. The molecular formula is C24H30N4O2S2. The van der Waals surface area contributed by atoms with Gasteiger partial charge in [-0.25, -0.2) is 0 Å². The van der Waals surface area contributed by atoms with Crippen LogP contribution in [0.25, 0.3) is 6.08 Å². The largest absolute Gasteiger partial charge is 0.357 e. The van der Waals surface area contributed by atoms with Crippen LogP contribution in [0.4, 0.5) is 5.82 Å². The number of pyridine rings is 1. The quantitative estimate of drug-likeness (QED) is 0.333.